The zero-order valence-corrected chi connectivity index (χ0v) is 15.5. The third kappa shape index (κ3) is 4.25. The Morgan fingerprint density at radius 2 is 2.07 bits per heavy atom. The number of nitrogens with one attached hydrogen (secondary N) is 2. The molecule has 3 rings (SSSR count). The molecule has 1 aliphatic heterocycles. The molecule has 2 amide bonds. The van der Waals surface area contributed by atoms with Crippen molar-refractivity contribution in [2.24, 2.45) is 5.92 Å². The summed E-state index contributed by atoms with van der Waals surface area (Å²) in [5.41, 5.74) is 1.92. The van der Waals surface area contributed by atoms with Gasteiger partial charge >= 0.3 is 0 Å². The fourth-order valence-electron chi connectivity index (χ4n) is 2.92. The topological polar surface area (TPSA) is 94.6 Å². The van der Waals surface area contributed by atoms with Crippen molar-refractivity contribution in [3.05, 3.63) is 53.7 Å². The molecular weight excluding hydrogens is 344 g/mol. The normalized spacial score (nSPS) is 14.5. The minimum atomic E-state index is -0.339. The van der Waals surface area contributed by atoms with E-state index in [2.05, 4.69) is 15.6 Å². The number of carbonyl (C=O) groups is 2. The van der Waals surface area contributed by atoms with Crippen molar-refractivity contribution in [1.29, 1.82) is 0 Å². The molecule has 3 N–H and O–H groups in total. The van der Waals surface area contributed by atoms with E-state index in [0.717, 1.165) is 5.56 Å². The van der Waals surface area contributed by atoms with Gasteiger partial charge in [-0.1, -0.05) is 44.2 Å². The van der Waals surface area contributed by atoms with E-state index in [-0.39, 0.29) is 36.9 Å². The largest absolute Gasteiger partial charge is 0.394 e. The van der Waals surface area contributed by atoms with E-state index in [1.807, 2.05) is 44.2 Å². The highest BCUT2D eigenvalue weighted by molar-refractivity contribution is 6.04. The van der Waals surface area contributed by atoms with E-state index >= 15 is 0 Å². The van der Waals surface area contributed by atoms with Gasteiger partial charge in [-0.2, -0.15) is 0 Å². The summed E-state index contributed by atoms with van der Waals surface area (Å²) in [6.45, 7) is 4.29. The van der Waals surface area contributed by atoms with Crippen LogP contribution in [0.25, 0.3) is 0 Å². The second kappa shape index (κ2) is 8.18. The van der Waals surface area contributed by atoms with Gasteiger partial charge in [0.25, 0.3) is 5.91 Å². The Kier molecular flexibility index (Phi) is 5.71. The molecule has 142 valence electrons. The van der Waals surface area contributed by atoms with Crippen molar-refractivity contribution in [3.8, 4) is 0 Å². The number of anilines is 2. The van der Waals surface area contributed by atoms with Gasteiger partial charge in [0.15, 0.2) is 5.82 Å². The predicted molar refractivity (Wildman–Crippen MR) is 104 cm³/mol. The summed E-state index contributed by atoms with van der Waals surface area (Å²) in [6.07, 6.45) is 1.48. The lowest BCUT2D eigenvalue weighted by atomic mass is 10.0. The Bertz CT molecular complexity index is 823. The van der Waals surface area contributed by atoms with Crippen molar-refractivity contribution in [2.75, 3.05) is 23.4 Å². The summed E-state index contributed by atoms with van der Waals surface area (Å²) < 4.78 is 0. The zero-order valence-electron chi connectivity index (χ0n) is 15.5. The molecule has 1 aliphatic rings. The summed E-state index contributed by atoms with van der Waals surface area (Å²) >= 11 is 0. The highest BCUT2D eigenvalue weighted by atomic mass is 16.3. The smallest absolute Gasteiger partial charge is 0.253 e. The lowest BCUT2D eigenvalue weighted by Gasteiger charge is -2.30. The number of aliphatic hydroxyl groups is 1. The van der Waals surface area contributed by atoms with E-state index in [1.54, 1.807) is 11.0 Å². The number of aliphatic hydroxyl groups excluding tert-OH is 1. The van der Waals surface area contributed by atoms with Crippen LogP contribution in [0.1, 0.15) is 29.8 Å². The first-order chi connectivity index (χ1) is 13.0. The summed E-state index contributed by atoms with van der Waals surface area (Å²) in [5, 5.41) is 15.2. The molecule has 0 saturated heterocycles. The van der Waals surface area contributed by atoms with E-state index in [4.69, 9.17) is 0 Å². The molecule has 0 saturated carbocycles. The molecule has 1 aromatic carbocycles. The quantitative estimate of drug-likeness (QED) is 0.723. The average molecular weight is 368 g/mol. The first-order valence-electron chi connectivity index (χ1n) is 8.99. The fraction of sp³-hybridized carbons (Fsp3) is 0.350. The number of benzene rings is 1. The minimum Gasteiger partial charge on any atom is -0.394 e. The number of rotatable bonds is 6. The molecule has 2 aromatic rings. The molecule has 1 unspecified atom stereocenters. The standard InChI is InChI=1S/C20H24N4O3/c1-13(2)16(12-25)23-20(27)15-8-17-19(21-9-15)22-10-18(26)24(17)11-14-6-4-3-5-7-14/h3-9,13,16,25H,10-12H2,1-2H3,(H,21,22)(H,23,27). The summed E-state index contributed by atoms with van der Waals surface area (Å²) in [4.78, 5) is 31.0. The van der Waals surface area contributed by atoms with Gasteiger partial charge in [0.05, 0.1) is 37.0 Å². The van der Waals surface area contributed by atoms with Gasteiger partial charge in [-0.15, -0.1) is 0 Å². The van der Waals surface area contributed by atoms with Crippen molar-refractivity contribution < 1.29 is 14.7 Å². The molecule has 7 nitrogen and oxygen atoms in total. The molecule has 0 bridgehead atoms. The molecule has 7 heteroatoms. The number of nitrogens with zero attached hydrogens (tertiary/aromatic N) is 2. The second-order valence-corrected chi connectivity index (χ2v) is 6.92. The van der Waals surface area contributed by atoms with Crippen molar-refractivity contribution in [2.45, 2.75) is 26.4 Å². The van der Waals surface area contributed by atoms with Crippen LogP contribution in [0.4, 0.5) is 11.5 Å². The number of hydrogen-bond acceptors (Lipinski definition) is 5. The second-order valence-electron chi connectivity index (χ2n) is 6.92. The first kappa shape index (κ1) is 18.8. The summed E-state index contributed by atoms with van der Waals surface area (Å²) in [6, 6.07) is 11.0. The van der Waals surface area contributed by atoms with E-state index in [1.165, 1.54) is 6.20 Å². The Hall–Kier alpha value is -2.93. The maximum Gasteiger partial charge on any atom is 0.253 e. The van der Waals surface area contributed by atoms with Gasteiger partial charge in [0, 0.05) is 6.20 Å². The zero-order chi connectivity index (χ0) is 19.4. The van der Waals surface area contributed by atoms with Gasteiger partial charge in [0.2, 0.25) is 5.91 Å². The third-order valence-electron chi connectivity index (χ3n) is 4.63. The third-order valence-corrected chi connectivity index (χ3v) is 4.63. The van der Waals surface area contributed by atoms with Crippen LogP contribution < -0.4 is 15.5 Å². The lowest BCUT2D eigenvalue weighted by Crippen LogP contribution is -2.42. The Labute approximate surface area is 158 Å². The lowest BCUT2D eigenvalue weighted by molar-refractivity contribution is -0.117. The van der Waals surface area contributed by atoms with Gasteiger partial charge in [0.1, 0.15) is 0 Å². The van der Waals surface area contributed by atoms with Crippen molar-refractivity contribution >= 4 is 23.3 Å². The van der Waals surface area contributed by atoms with Crippen LogP contribution in [0.2, 0.25) is 0 Å². The van der Waals surface area contributed by atoms with Crippen LogP contribution in [0.15, 0.2) is 42.6 Å². The number of pyridine rings is 1. The molecular formula is C20H24N4O3. The molecule has 0 aliphatic carbocycles. The molecule has 0 fully saturated rings. The molecule has 0 spiro atoms. The minimum absolute atomic E-state index is 0.0823. The van der Waals surface area contributed by atoms with E-state index in [9.17, 15) is 14.7 Å². The molecule has 1 atom stereocenters. The maximum atomic E-state index is 12.6. The number of carbonyl (C=O) groups excluding carboxylic acids is 2. The monoisotopic (exact) mass is 368 g/mol. The van der Waals surface area contributed by atoms with Gasteiger partial charge < -0.3 is 20.6 Å². The molecule has 1 aromatic heterocycles. The first-order valence-corrected chi connectivity index (χ1v) is 8.99. The van der Waals surface area contributed by atoms with Crippen LogP contribution in [0, 0.1) is 5.92 Å². The number of amides is 2. The number of fused-ring (bicyclic) bond motifs is 1. The van der Waals surface area contributed by atoms with Crippen LogP contribution in [-0.4, -0.2) is 41.1 Å². The highest BCUT2D eigenvalue weighted by Crippen LogP contribution is 2.29. The van der Waals surface area contributed by atoms with Crippen molar-refractivity contribution in [1.82, 2.24) is 10.3 Å². The van der Waals surface area contributed by atoms with E-state index in [0.29, 0.717) is 23.6 Å². The van der Waals surface area contributed by atoms with Gasteiger partial charge in [-0.05, 0) is 17.5 Å². The fourth-order valence-corrected chi connectivity index (χ4v) is 2.92. The Morgan fingerprint density at radius 3 is 2.74 bits per heavy atom. The average Bonchev–Trinajstić information content (AvgIpc) is 2.68. The Balaban J connectivity index is 1.87. The number of hydrogen-bond donors (Lipinski definition) is 3. The predicted octanol–water partition coefficient (Wildman–Crippen LogP) is 1.79. The highest BCUT2D eigenvalue weighted by Gasteiger charge is 2.26. The van der Waals surface area contributed by atoms with Crippen LogP contribution >= 0.6 is 0 Å². The van der Waals surface area contributed by atoms with E-state index < -0.39 is 0 Å². The maximum absolute atomic E-state index is 12.6. The Morgan fingerprint density at radius 1 is 1.33 bits per heavy atom. The molecule has 27 heavy (non-hydrogen) atoms. The van der Waals surface area contributed by atoms with Gasteiger partial charge in [-0.3, -0.25) is 9.59 Å². The number of aromatic nitrogens is 1. The van der Waals surface area contributed by atoms with Crippen LogP contribution in [0.3, 0.4) is 0 Å². The summed E-state index contributed by atoms with van der Waals surface area (Å²) in [7, 11) is 0. The van der Waals surface area contributed by atoms with Crippen molar-refractivity contribution in [3.63, 3.8) is 0 Å². The van der Waals surface area contributed by atoms with Crippen LogP contribution in [0.5, 0.6) is 0 Å². The molecule has 2 heterocycles. The SMILES string of the molecule is CC(C)C(CO)NC(=O)c1cnc2c(c1)N(Cc1ccccc1)C(=O)CN2. The van der Waals surface area contributed by atoms with Crippen LogP contribution in [-0.2, 0) is 11.3 Å². The summed E-state index contributed by atoms with van der Waals surface area (Å²) in [5.74, 6) is 0.267. The molecule has 0 radical (unpaired) electrons. The van der Waals surface area contributed by atoms with Gasteiger partial charge in [-0.25, -0.2) is 4.98 Å².